The molecule has 4 rings (SSSR count). The summed E-state index contributed by atoms with van der Waals surface area (Å²) < 4.78 is 0. The SMILES string of the molecule is CC(C)(C)c1ccc2cc(C(=O)Nc3ccc(N4CCNCC4)cn3)[nH]c2c1. The third kappa shape index (κ3) is 3.87. The number of aromatic nitrogens is 2. The van der Waals surface area contributed by atoms with Crippen LogP contribution in [0.1, 0.15) is 36.8 Å². The lowest BCUT2D eigenvalue weighted by molar-refractivity contribution is 0.102. The third-order valence-electron chi connectivity index (χ3n) is 5.20. The Balaban J connectivity index is 1.48. The topological polar surface area (TPSA) is 73.1 Å². The Hall–Kier alpha value is -2.86. The maximum atomic E-state index is 12.7. The number of aromatic amines is 1. The first kappa shape index (κ1) is 18.5. The molecule has 1 saturated heterocycles. The van der Waals surface area contributed by atoms with Gasteiger partial charge < -0.3 is 20.5 Å². The number of carbonyl (C=O) groups excluding carboxylic acids is 1. The van der Waals surface area contributed by atoms with E-state index in [-0.39, 0.29) is 11.3 Å². The first-order valence-electron chi connectivity index (χ1n) is 9.76. The third-order valence-corrected chi connectivity index (χ3v) is 5.20. The molecule has 3 N–H and O–H groups in total. The smallest absolute Gasteiger partial charge is 0.273 e. The van der Waals surface area contributed by atoms with Crippen LogP contribution in [0.5, 0.6) is 0 Å². The average Bonchev–Trinajstić information content (AvgIpc) is 3.12. The molecule has 1 fully saturated rings. The first-order valence-corrected chi connectivity index (χ1v) is 9.76. The van der Waals surface area contributed by atoms with Crippen molar-refractivity contribution in [3.63, 3.8) is 0 Å². The van der Waals surface area contributed by atoms with Gasteiger partial charge in [-0.05, 0) is 35.2 Å². The molecule has 3 heterocycles. The maximum absolute atomic E-state index is 12.7. The van der Waals surface area contributed by atoms with Crippen LogP contribution in [-0.4, -0.2) is 42.1 Å². The van der Waals surface area contributed by atoms with Crippen LogP contribution in [-0.2, 0) is 5.41 Å². The van der Waals surface area contributed by atoms with Crippen LogP contribution in [0.15, 0.2) is 42.6 Å². The summed E-state index contributed by atoms with van der Waals surface area (Å²) in [5, 5.41) is 7.25. The fourth-order valence-corrected chi connectivity index (χ4v) is 3.47. The van der Waals surface area contributed by atoms with Crippen molar-refractivity contribution in [2.45, 2.75) is 26.2 Å². The van der Waals surface area contributed by atoms with E-state index in [4.69, 9.17) is 0 Å². The molecule has 1 aliphatic heterocycles. The van der Waals surface area contributed by atoms with Crippen LogP contribution in [0.2, 0.25) is 0 Å². The summed E-state index contributed by atoms with van der Waals surface area (Å²) in [6, 6.07) is 12.0. The molecular weight excluding hydrogens is 350 g/mol. The Morgan fingerprint density at radius 2 is 1.89 bits per heavy atom. The molecule has 0 spiro atoms. The number of pyridine rings is 1. The molecule has 146 valence electrons. The molecule has 1 amide bonds. The van der Waals surface area contributed by atoms with E-state index in [2.05, 4.69) is 64.5 Å². The zero-order valence-corrected chi connectivity index (χ0v) is 16.7. The number of benzene rings is 1. The Labute approximate surface area is 165 Å². The van der Waals surface area contributed by atoms with E-state index in [0.717, 1.165) is 42.8 Å². The standard InChI is InChI=1S/C22H27N5O/c1-22(2,3)16-5-4-15-12-19(25-18(15)13-16)21(28)26-20-7-6-17(14-24-20)27-10-8-23-9-11-27/h4-7,12-14,23,25H,8-11H2,1-3H3,(H,24,26,28). The van der Waals surface area contributed by atoms with E-state index in [9.17, 15) is 4.79 Å². The Morgan fingerprint density at radius 3 is 2.57 bits per heavy atom. The fraction of sp³-hybridized carbons (Fsp3) is 0.364. The monoisotopic (exact) mass is 377 g/mol. The minimum Gasteiger partial charge on any atom is -0.368 e. The van der Waals surface area contributed by atoms with Crippen molar-refractivity contribution in [3.05, 3.63) is 53.9 Å². The van der Waals surface area contributed by atoms with Crippen molar-refractivity contribution in [1.29, 1.82) is 0 Å². The van der Waals surface area contributed by atoms with E-state index >= 15 is 0 Å². The maximum Gasteiger partial charge on any atom is 0.273 e. The van der Waals surface area contributed by atoms with Gasteiger partial charge in [0, 0.05) is 37.1 Å². The molecule has 0 unspecified atom stereocenters. The number of H-pyrrole nitrogens is 1. The average molecular weight is 377 g/mol. The number of fused-ring (bicyclic) bond motifs is 1. The van der Waals surface area contributed by atoms with Crippen LogP contribution >= 0.6 is 0 Å². The van der Waals surface area contributed by atoms with Gasteiger partial charge in [-0.3, -0.25) is 4.79 Å². The molecule has 0 aliphatic carbocycles. The van der Waals surface area contributed by atoms with Crippen molar-refractivity contribution in [2.24, 2.45) is 0 Å². The van der Waals surface area contributed by atoms with Crippen LogP contribution in [0, 0.1) is 0 Å². The second-order valence-electron chi connectivity index (χ2n) is 8.33. The number of carbonyl (C=O) groups is 1. The quantitative estimate of drug-likeness (QED) is 0.653. The van der Waals surface area contributed by atoms with Crippen LogP contribution < -0.4 is 15.5 Å². The second-order valence-corrected chi connectivity index (χ2v) is 8.33. The molecule has 28 heavy (non-hydrogen) atoms. The minimum atomic E-state index is -0.184. The highest BCUT2D eigenvalue weighted by Gasteiger charge is 2.16. The molecule has 0 radical (unpaired) electrons. The number of hydrogen-bond donors (Lipinski definition) is 3. The summed E-state index contributed by atoms with van der Waals surface area (Å²) in [4.78, 5) is 22.6. The Morgan fingerprint density at radius 1 is 1.11 bits per heavy atom. The van der Waals surface area contributed by atoms with Crippen LogP contribution in [0.3, 0.4) is 0 Å². The summed E-state index contributed by atoms with van der Waals surface area (Å²) in [5.74, 6) is 0.369. The number of amides is 1. The van der Waals surface area contributed by atoms with Gasteiger partial charge in [0.1, 0.15) is 11.5 Å². The lowest BCUT2D eigenvalue weighted by atomic mass is 9.87. The summed E-state index contributed by atoms with van der Waals surface area (Å²) in [7, 11) is 0. The Kier molecular flexibility index (Phi) is 4.81. The number of anilines is 2. The molecule has 6 heteroatoms. The molecule has 0 saturated carbocycles. The Bertz CT molecular complexity index is 978. The van der Waals surface area contributed by atoms with Gasteiger partial charge in [0.25, 0.3) is 5.91 Å². The number of rotatable bonds is 3. The summed E-state index contributed by atoms with van der Waals surface area (Å²) in [6.07, 6.45) is 1.82. The van der Waals surface area contributed by atoms with Crippen LogP contribution in [0.25, 0.3) is 10.9 Å². The van der Waals surface area contributed by atoms with E-state index in [0.29, 0.717) is 11.5 Å². The second kappa shape index (κ2) is 7.28. The predicted octanol–water partition coefficient (Wildman–Crippen LogP) is 3.52. The summed E-state index contributed by atoms with van der Waals surface area (Å²) in [6.45, 7) is 10.4. The normalized spacial score (nSPS) is 15.0. The minimum absolute atomic E-state index is 0.0673. The van der Waals surface area contributed by atoms with Gasteiger partial charge in [0.15, 0.2) is 0 Å². The van der Waals surface area contributed by atoms with Gasteiger partial charge in [-0.1, -0.05) is 32.9 Å². The highest BCUT2D eigenvalue weighted by Crippen LogP contribution is 2.26. The molecule has 3 aromatic rings. The summed E-state index contributed by atoms with van der Waals surface area (Å²) >= 11 is 0. The molecule has 0 bridgehead atoms. The number of hydrogen-bond acceptors (Lipinski definition) is 4. The molecule has 0 atom stereocenters. The van der Waals surface area contributed by atoms with Crippen molar-refractivity contribution < 1.29 is 4.79 Å². The van der Waals surface area contributed by atoms with Gasteiger partial charge in [0.2, 0.25) is 0 Å². The van der Waals surface area contributed by atoms with Gasteiger partial charge in [-0.2, -0.15) is 0 Å². The van der Waals surface area contributed by atoms with Gasteiger partial charge in [0.05, 0.1) is 11.9 Å². The molecule has 2 aromatic heterocycles. The lowest BCUT2D eigenvalue weighted by Crippen LogP contribution is -2.43. The van der Waals surface area contributed by atoms with Crippen LogP contribution in [0.4, 0.5) is 11.5 Å². The van der Waals surface area contributed by atoms with Gasteiger partial charge >= 0.3 is 0 Å². The lowest BCUT2D eigenvalue weighted by Gasteiger charge is -2.29. The zero-order chi connectivity index (χ0) is 19.7. The van der Waals surface area contributed by atoms with Gasteiger partial charge in [-0.25, -0.2) is 4.98 Å². The number of piperazine rings is 1. The fourth-order valence-electron chi connectivity index (χ4n) is 3.47. The summed E-state index contributed by atoms with van der Waals surface area (Å²) in [5.41, 5.74) is 3.89. The number of nitrogens with one attached hydrogen (secondary N) is 3. The van der Waals surface area contributed by atoms with E-state index in [1.807, 2.05) is 24.4 Å². The predicted molar refractivity (Wildman–Crippen MR) is 114 cm³/mol. The molecule has 6 nitrogen and oxygen atoms in total. The zero-order valence-electron chi connectivity index (χ0n) is 16.7. The van der Waals surface area contributed by atoms with Crippen molar-refractivity contribution in [2.75, 3.05) is 36.4 Å². The molecule has 1 aliphatic rings. The van der Waals surface area contributed by atoms with E-state index < -0.39 is 0 Å². The molecule has 1 aromatic carbocycles. The highest BCUT2D eigenvalue weighted by molar-refractivity contribution is 6.05. The van der Waals surface area contributed by atoms with E-state index in [1.54, 1.807) is 0 Å². The molecular formula is C22H27N5O. The van der Waals surface area contributed by atoms with E-state index in [1.165, 1.54) is 5.56 Å². The van der Waals surface area contributed by atoms with Crippen molar-refractivity contribution in [1.82, 2.24) is 15.3 Å². The largest absolute Gasteiger partial charge is 0.368 e. The first-order chi connectivity index (χ1) is 13.4. The highest BCUT2D eigenvalue weighted by atomic mass is 16.1. The number of nitrogens with zero attached hydrogens (tertiary/aromatic N) is 2. The van der Waals surface area contributed by atoms with Gasteiger partial charge in [-0.15, -0.1) is 0 Å². The van der Waals surface area contributed by atoms with Crippen molar-refractivity contribution in [3.8, 4) is 0 Å². The van der Waals surface area contributed by atoms with Crippen molar-refractivity contribution >= 4 is 28.3 Å².